The minimum Gasteiger partial charge on any atom is -0.478 e. The van der Waals surface area contributed by atoms with Crippen molar-refractivity contribution in [3.8, 4) is 0 Å². The normalized spacial score (nSPS) is 15.5. The summed E-state index contributed by atoms with van der Waals surface area (Å²) in [4.78, 5) is 30.2. The van der Waals surface area contributed by atoms with Crippen LogP contribution in [0.4, 0.5) is 5.82 Å². The fourth-order valence-electron chi connectivity index (χ4n) is 2.25. The maximum atomic E-state index is 11.3. The lowest BCUT2D eigenvalue weighted by molar-refractivity contribution is -0.129. The van der Waals surface area contributed by atoms with Crippen molar-refractivity contribution < 1.29 is 14.7 Å². The molecule has 0 saturated carbocycles. The molecule has 19 heavy (non-hydrogen) atoms. The number of hydrogen-bond donors (Lipinski definition) is 1. The molecule has 6 nitrogen and oxygen atoms in total. The van der Waals surface area contributed by atoms with Crippen LogP contribution in [0.15, 0.2) is 12.3 Å². The Morgan fingerprint density at radius 1 is 1.26 bits per heavy atom. The van der Waals surface area contributed by atoms with Crippen LogP contribution in [-0.4, -0.2) is 53.0 Å². The average molecular weight is 263 g/mol. The van der Waals surface area contributed by atoms with E-state index in [1.165, 1.54) is 6.20 Å². The summed E-state index contributed by atoms with van der Waals surface area (Å²) in [6.07, 6.45) is 1.38. The van der Waals surface area contributed by atoms with Crippen molar-refractivity contribution in [1.82, 2.24) is 9.88 Å². The second-order valence-electron chi connectivity index (χ2n) is 4.66. The molecule has 1 amide bonds. The Bertz CT molecular complexity index is 508. The second kappa shape index (κ2) is 5.26. The number of anilines is 1. The number of hydrogen-bond acceptors (Lipinski definition) is 4. The van der Waals surface area contributed by atoms with Gasteiger partial charge < -0.3 is 14.9 Å². The lowest BCUT2D eigenvalue weighted by atomic mass is 10.2. The highest BCUT2D eigenvalue weighted by Crippen LogP contribution is 2.19. The molecule has 0 spiro atoms. The molecule has 2 heterocycles. The molecule has 1 aromatic rings. The van der Waals surface area contributed by atoms with Crippen LogP contribution in [0, 0.1) is 6.92 Å². The van der Waals surface area contributed by atoms with E-state index in [1.54, 1.807) is 17.9 Å². The zero-order chi connectivity index (χ0) is 14.0. The number of carboxylic acid groups (broad SMARTS) is 1. The van der Waals surface area contributed by atoms with E-state index in [-0.39, 0.29) is 11.5 Å². The van der Waals surface area contributed by atoms with E-state index in [0.29, 0.717) is 13.1 Å². The average Bonchev–Trinajstić information content (AvgIpc) is 2.38. The van der Waals surface area contributed by atoms with Crippen molar-refractivity contribution in [2.75, 3.05) is 31.1 Å². The van der Waals surface area contributed by atoms with E-state index in [1.807, 2.05) is 6.92 Å². The largest absolute Gasteiger partial charge is 0.478 e. The highest BCUT2D eigenvalue weighted by atomic mass is 16.4. The van der Waals surface area contributed by atoms with Crippen LogP contribution >= 0.6 is 0 Å². The first-order valence-corrected chi connectivity index (χ1v) is 6.19. The standard InChI is InChI=1S/C13H17N3O3/c1-9-7-11(13(18)19)8-14-12(9)16-5-3-15(4-6-16)10(2)17/h7-8H,3-6H2,1-2H3,(H,18,19). The monoisotopic (exact) mass is 263 g/mol. The Labute approximate surface area is 111 Å². The molecule has 1 aromatic heterocycles. The molecule has 0 bridgehead atoms. The van der Waals surface area contributed by atoms with Crippen molar-refractivity contribution in [2.24, 2.45) is 0 Å². The van der Waals surface area contributed by atoms with Gasteiger partial charge >= 0.3 is 5.97 Å². The molecule has 6 heteroatoms. The predicted molar refractivity (Wildman–Crippen MR) is 70.4 cm³/mol. The summed E-state index contributed by atoms with van der Waals surface area (Å²) in [7, 11) is 0. The number of aromatic carboxylic acids is 1. The summed E-state index contributed by atoms with van der Waals surface area (Å²) in [5.41, 5.74) is 1.04. The number of aromatic nitrogens is 1. The van der Waals surface area contributed by atoms with Gasteiger partial charge in [-0.2, -0.15) is 0 Å². The summed E-state index contributed by atoms with van der Waals surface area (Å²) in [6, 6.07) is 1.63. The fraction of sp³-hybridized carbons (Fsp3) is 0.462. The van der Waals surface area contributed by atoms with Gasteiger partial charge in [0.2, 0.25) is 5.91 Å². The Hall–Kier alpha value is -2.11. The number of carboxylic acids is 1. The number of pyridine rings is 1. The summed E-state index contributed by atoms with van der Waals surface area (Å²) >= 11 is 0. The third-order valence-electron chi connectivity index (χ3n) is 3.32. The van der Waals surface area contributed by atoms with Gasteiger partial charge in [0.25, 0.3) is 0 Å². The van der Waals surface area contributed by atoms with Crippen LogP contribution < -0.4 is 4.90 Å². The third kappa shape index (κ3) is 2.83. The number of carbonyl (C=O) groups is 2. The van der Waals surface area contributed by atoms with Gasteiger partial charge in [-0.3, -0.25) is 4.79 Å². The smallest absolute Gasteiger partial charge is 0.337 e. The molecular weight excluding hydrogens is 246 g/mol. The Kier molecular flexibility index (Phi) is 3.69. The fourth-order valence-corrected chi connectivity index (χ4v) is 2.25. The molecule has 1 N–H and O–H groups in total. The summed E-state index contributed by atoms with van der Waals surface area (Å²) in [6.45, 7) is 6.22. The van der Waals surface area contributed by atoms with E-state index < -0.39 is 5.97 Å². The molecule has 2 rings (SSSR count). The lowest BCUT2D eigenvalue weighted by Crippen LogP contribution is -2.48. The van der Waals surface area contributed by atoms with Crippen molar-refractivity contribution in [2.45, 2.75) is 13.8 Å². The first-order chi connectivity index (χ1) is 8.99. The van der Waals surface area contributed by atoms with Crippen molar-refractivity contribution in [3.63, 3.8) is 0 Å². The van der Waals surface area contributed by atoms with Crippen LogP contribution in [0.1, 0.15) is 22.8 Å². The maximum absolute atomic E-state index is 11.3. The van der Waals surface area contributed by atoms with E-state index in [2.05, 4.69) is 9.88 Å². The zero-order valence-electron chi connectivity index (χ0n) is 11.1. The topological polar surface area (TPSA) is 73.7 Å². The Morgan fingerprint density at radius 2 is 1.89 bits per heavy atom. The van der Waals surface area contributed by atoms with Crippen LogP contribution in [0.2, 0.25) is 0 Å². The lowest BCUT2D eigenvalue weighted by Gasteiger charge is -2.35. The molecule has 0 aliphatic carbocycles. The van der Waals surface area contributed by atoms with Gasteiger partial charge in [-0.05, 0) is 18.6 Å². The minimum atomic E-state index is -0.969. The van der Waals surface area contributed by atoms with E-state index in [0.717, 1.165) is 24.5 Å². The molecule has 1 fully saturated rings. The van der Waals surface area contributed by atoms with Crippen LogP contribution in [0.3, 0.4) is 0 Å². The minimum absolute atomic E-state index is 0.0885. The summed E-state index contributed by atoms with van der Waals surface area (Å²) < 4.78 is 0. The molecule has 0 aromatic carbocycles. The van der Waals surface area contributed by atoms with Crippen molar-refractivity contribution in [1.29, 1.82) is 0 Å². The highest BCUT2D eigenvalue weighted by Gasteiger charge is 2.21. The molecule has 102 valence electrons. The summed E-state index contributed by atoms with van der Waals surface area (Å²) in [5.74, 6) is -0.0812. The van der Waals surface area contributed by atoms with Gasteiger partial charge in [0.15, 0.2) is 0 Å². The number of carbonyl (C=O) groups excluding carboxylic acids is 1. The van der Waals surface area contributed by atoms with E-state index >= 15 is 0 Å². The summed E-state index contributed by atoms with van der Waals surface area (Å²) in [5, 5.41) is 8.91. The molecule has 1 aliphatic rings. The molecule has 0 atom stereocenters. The van der Waals surface area contributed by atoms with Gasteiger partial charge in [-0.15, -0.1) is 0 Å². The number of rotatable bonds is 2. The van der Waals surface area contributed by atoms with Crippen LogP contribution in [0.5, 0.6) is 0 Å². The number of aryl methyl sites for hydroxylation is 1. The Balaban J connectivity index is 2.11. The van der Waals surface area contributed by atoms with Crippen molar-refractivity contribution in [3.05, 3.63) is 23.4 Å². The first-order valence-electron chi connectivity index (χ1n) is 6.19. The predicted octanol–water partition coefficient (Wildman–Crippen LogP) is 0.757. The molecule has 1 saturated heterocycles. The first kappa shape index (κ1) is 13.3. The maximum Gasteiger partial charge on any atom is 0.337 e. The molecule has 0 radical (unpaired) electrons. The van der Waals surface area contributed by atoms with Gasteiger partial charge in [0, 0.05) is 39.3 Å². The van der Waals surface area contributed by atoms with E-state index in [4.69, 9.17) is 5.11 Å². The van der Waals surface area contributed by atoms with E-state index in [9.17, 15) is 9.59 Å². The molecule has 1 aliphatic heterocycles. The van der Waals surface area contributed by atoms with Crippen molar-refractivity contribution >= 4 is 17.7 Å². The van der Waals surface area contributed by atoms with Crippen LogP contribution in [-0.2, 0) is 4.79 Å². The quantitative estimate of drug-likeness (QED) is 0.852. The third-order valence-corrected chi connectivity index (χ3v) is 3.32. The number of amides is 1. The van der Waals surface area contributed by atoms with Gasteiger partial charge in [-0.1, -0.05) is 0 Å². The zero-order valence-corrected chi connectivity index (χ0v) is 11.1. The SMILES string of the molecule is CC(=O)N1CCN(c2ncc(C(=O)O)cc2C)CC1. The van der Waals surface area contributed by atoms with Crippen LogP contribution in [0.25, 0.3) is 0 Å². The van der Waals surface area contributed by atoms with Gasteiger partial charge in [0.05, 0.1) is 5.56 Å². The van der Waals surface area contributed by atoms with Gasteiger partial charge in [-0.25, -0.2) is 9.78 Å². The highest BCUT2D eigenvalue weighted by molar-refractivity contribution is 5.87. The Morgan fingerprint density at radius 3 is 2.37 bits per heavy atom. The molecule has 0 unspecified atom stereocenters. The number of nitrogens with zero attached hydrogens (tertiary/aromatic N) is 3. The second-order valence-corrected chi connectivity index (χ2v) is 4.66. The molecular formula is C13H17N3O3. The number of piperazine rings is 1. The van der Waals surface area contributed by atoms with Gasteiger partial charge in [0.1, 0.15) is 5.82 Å².